The van der Waals surface area contributed by atoms with Crippen LogP contribution in [0.2, 0.25) is 0 Å². The van der Waals surface area contributed by atoms with Crippen LogP contribution in [0.1, 0.15) is 52.9 Å². The fourth-order valence-corrected chi connectivity index (χ4v) is 2.64. The fourth-order valence-electron chi connectivity index (χ4n) is 2.64. The third kappa shape index (κ3) is 11.3. The smallest absolute Gasteiger partial charge is 0.326 e. The number of carbonyl (C=O) groups is 5. The second-order valence-electron chi connectivity index (χ2n) is 7.70. The van der Waals surface area contributed by atoms with Gasteiger partial charge in [-0.3, -0.25) is 19.2 Å². The quantitative estimate of drug-likeness (QED) is 0.146. The van der Waals surface area contributed by atoms with Gasteiger partial charge in [0, 0.05) is 6.42 Å². The normalized spacial score (nSPS) is 14.8. The van der Waals surface area contributed by atoms with Gasteiger partial charge in [-0.1, -0.05) is 13.8 Å². The number of nitrogens with one attached hydrogen (secondary N) is 3. The lowest BCUT2D eigenvalue weighted by Crippen LogP contribution is -2.57. The molecule has 0 saturated heterocycles. The zero-order valence-corrected chi connectivity index (χ0v) is 18.2. The van der Waals surface area contributed by atoms with Crippen LogP contribution in [-0.2, 0) is 24.0 Å². The van der Waals surface area contributed by atoms with E-state index in [2.05, 4.69) is 16.0 Å². The summed E-state index contributed by atoms with van der Waals surface area (Å²) in [5, 5.41) is 25.5. The van der Waals surface area contributed by atoms with Crippen molar-refractivity contribution in [3.8, 4) is 0 Å². The SMILES string of the molecule is CC(N)C(=O)NC(CCCCN)C(=O)NC(CCC(=O)O)C(=O)NC(C(=O)O)C(C)C. The Bertz CT molecular complexity index is 639. The molecule has 0 aromatic heterocycles. The maximum absolute atomic E-state index is 12.8. The molecule has 178 valence electrons. The lowest BCUT2D eigenvalue weighted by atomic mass is 10.0. The molecule has 0 fully saturated rings. The summed E-state index contributed by atoms with van der Waals surface area (Å²) in [7, 11) is 0. The van der Waals surface area contributed by atoms with Crippen molar-refractivity contribution in [3.63, 3.8) is 0 Å². The third-order valence-corrected chi connectivity index (χ3v) is 4.50. The van der Waals surface area contributed by atoms with E-state index in [0.29, 0.717) is 19.4 Å². The minimum absolute atomic E-state index is 0.235. The van der Waals surface area contributed by atoms with Crippen LogP contribution in [0.4, 0.5) is 0 Å². The van der Waals surface area contributed by atoms with E-state index < -0.39 is 66.2 Å². The van der Waals surface area contributed by atoms with Crippen molar-refractivity contribution < 1.29 is 34.2 Å². The Morgan fingerprint density at radius 1 is 0.806 bits per heavy atom. The van der Waals surface area contributed by atoms with Gasteiger partial charge in [0.1, 0.15) is 18.1 Å². The maximum atomic E-state index is 12.8. The van der Waals surface area contributed by atoms with Gasteiger partial charge in [-0.2, -0.15) is 0 Å². The molecule has 0 aromatic rings. The van der Waals surface area contributed by atoms with Crippen LogP contribution in [0, 0.1) is 5.92 Å². The number of amides is 3. The molecular formula is C19H35N5O7. The van der Waals surface area contributed by atoms with E-state index in [1.54, 1.807) is 13.8 Å². The van der Waals surface area contributed by atoms with Gasteiger partial charge in [0.05, 0.1) is 6.04 Å². The van der Waals surface area contributed by atoms with Crippen molar-refractivity contribution in [2.24, 2.45) is 17.4 Å². The van der Waals surface area contributed by atoms with Gasteiger partial charge in [0.15, 0.2) is 0 Å². The van der Waals surface area contributed by atoms with Crippen molar-refractivity contribution in [1.29, 1.82) is 0 Å². The van der Waals surface area contributed by atoms with E-state index in [1.165, 1.54) is 6.92 Å². The summed E-state index contributed by atoms with van der Waals surface area (Å²) in [5.41, 5.74) is 11.0. The Morgan fingerprint density at radius 3 is 1.77 bits per heavy atom. The van der Waals surface area contributed by atoms with Crippen LogP contribution in [-0.4, -0.2) is 70.6 Å². The van der Waals surface area contributed by atoms with E-state index in [0.717, 1.165) is 0 Å². The van der Waals surface area contributed by atoms with E-state index in [-0.39, 0.29) is 12.8 Å². The molecule has 0 aliphatic rings. The lowest BCUT2D eigenvalue weighted by Gasteiger charge is -2.25. The summed E-state index contributed by atoms with van der Waals surface area (Å²) in [6.45, 7) is 5.04. The molecular weight excluding hydrogens is 410 g/mol. The molecule has 0 rings (SSSR count). The number of carboxylic acids is 2. The van der Waals surface area contributed by atoms with Crippen LogP contribution in [0.25, 0.3) is 0 Å². The second-order valence-corrected chi connectivity index (χ2v) is 7.70. The summed E-state index contributed by atoms with van der Waals surface area (Å²) in [6.07, 6.45) is 0.679. The highest BCUT2D eigenvalue weighted by atomic mass is 16.4. The van der Waals surface area contributed by atoms with Gasteiger partial charge < -0.3 is 37.6 Å². The molecule has 0 aliphatic heterocycles. The van der Waals surface area contributed by atoms with E-state index >= 15 is 0 Å². The van der Waals surface area contributed by atoms with Crippen LogP contribution in [0.5, 0.6) is 0 Å². The predicted octanol–water partition coefficient (Wildman–Crippen LogP) is -1.48. The first-order valence-corrected chi connectivity index (χ1v) is 10.2. The summed E-state index contributed by atoms with van der Waals surface area (Å²) < 4.78 is 0. The number of hydrogen-bond acceptors (Lipinski definition) is 7. The van der Waals surface area contributed by atoms with Gasteiger partial charge >= 0.3 is 11.9 Å². The molecule has 4 atom stereocenters. The molecule has 0 saturated carbocycles. The molecule has 4 unspecified atom stereocenters. The summed E-state index contributed by atoms with van der Waals surface area (Å²) >= 11 is 0. The van der Waals surface area contributed by atoms with Crippen LogP contribution in [0.3, 0.4) is 0 Å². The maximum Gasteiger partial charge on any atom is 0.326 e. The van der Waals surface area contributed by atoms with Gasteiger partial charge in [0.2, 0.25) is 17.7 Å². The zero-order chi connectivity index (χ0) is 24.1. The molecule has 12 heteroatoms. The van der Waals surface area contributed by atoms with Crippen LogP contribution >= 0.6 is 0 Å². The van der Waals surface area contributed by atoms with E-state index in [9.17, 15) is 29.1 Å². The third-order valence-electron chi connectivity index (χ3n) is 4.50. The molecule has 0 radical (unpaired) electrons. The van der Waals surface area contributed by atoms with Crippen LogP contribution in [0.15, 0.2) is 0 Å². The Balaban J connectivity index is 5.46. The van der Waals surface area contributed by atoms with E-state index in [1.807, 2.05) is 0 Å². The second kappa shape index (κ2) is 14.3. The number of aliphatic carboxylic acids is 2. The molecule has 0 heterocycles. The van der Waals surface area contributed by atoms with Gasteiger partial charge in [0.25, 0.3) is 0 Å². The largest absolute Gasteiger partial charge is 0.481 e. The minimum Gasteiger partial charge on any atom is -0.481 e. The number of carboxylic acid groups (broad SMARTS) is 2. The highest BCUT2D eigenvalue weighted by Crippen LogP contribution is 2.07. The Kier molecular flexibility index (Phi) is 13.0. The summed E-state index contributed by atoms with van der Waals surface area (Å²) in [5.74, 6) is -4.97. The molecule has 0 aliphatic carbocycles. The first kappa shape index (κ1) is 28.3. The zero-order valence-electron chi connectivity index (χ0n) is 18.2. The molecule has 3 amide bonds. The molecule has 0 bridgehead atoms. The molecule has 12 nitrogen and oxygen atoms in total. The lowest BCUT2D eigenvalue weighted by molar-refractivity contribution is -0.144. The monoisotopic (exact) mass is 445 g/mol. The molecule has 31 heavy (non-hydrogen) atoms. The standard InChI is InChI=1S/C19H35N5O7/c1-10(2)15(19(30)31)24-18(29)13(7-8-14(25)26)23-17(28)12(6-4-5-9-20)22-16(27)11(3)21/h10-13,15H,4-9,20-21H2,1-3H3,(H,22,27)(H,23,28)(H,24,29)(H,25,26)(H,30,31). The number of rotatable bonds is 15. The van der Waals surface area contributed by atoms with Gasteiger partial charge in [-0.15, -0.1) is 0 Å². The van der Waals surface area contributed by atoms with E-state index in [4.69, 9.17) is 16.6 Å². The highest BCUT2D eigenvalue weighted by molar-refractivity contribution is 5.94. The minimum atomic E-state index is -1.30. The van der Waals surface area contributed by atoms with Crippen LogP contribution < -0.4 is 27.4 Å². The van der Waals surface area contributed by atoms with Crippen molar-refractivity contribution in [2.75, 3.05) is 6.54 Å². The Morgan fingerprint density at radius 2 is 1.32 bits per heavy atom. The van der Waals surface area contributed by atoms with Crippen molar-refractivity contribution in [1.82, 2.24) is 16.0 Å². The molecule has 0 spiro atoms. The average Bonchev–Trinajstić information content (AvgIpc) is 2.67. The number of nitrogens with two attached hydrogens (primary N) is 2. The topological polar surface area (TPSA) is 214 Å². The highest BCUT2D eigenvalue weighted by Gasteiger charge is 2.31. The van der Waals surface area contributed by atoms with Crippen molar-refractivity contribution in [3.05, 3.63) is 0 Å². The number of carbonyl (C=O) groups excluding carboxylic acids is 3. The summed E-state index contributed by atoms with van der Waals surface area (Å²) in [6, 6.07) is -4.38. The first-order chi connectivity index (χ1) is 14.4. The number of hydrogen-bond donors (Lipinski definition) is 7. The first-order valence-electron chi connectivity index (χ1n) is 10.2. The predicted molar refractivity (Wildman–Crippen MR) is 112 cm³/mol. The average molecular weight is 446 g/mol. The molecule has 9 N–H and O–H groups in total. The molecule has 0 aromatic carbocycles. The van der Waals surface area contributed by atoms with Crippen molar-refractivity contribution >= 4 is 29.7 Å². The summed E-state index contributed by atoms with van der Waals surface area (Å²) in [4.78, 5) is 59.7. The Labute approximate surface area is 181 Å². The Hall–Kier alpha value is -2.73. The number of unbranched alkanes of at least 4 members (excludes halogenated alkanes) is 1. The van der Waals surface area contributed by atoms with Gasteiger partial charge in [-0.05, 0) is 45.1 Å². The van der Waals surface area contributed by atoms with Crippen molar-refractivity contribution in [2.45, 2.75) is 77.0 Å². The fraction of sp³-hybridized carbons (Fsp3) is 0.737. The van der Waals surface area contributed by atoms with Gasteiger partial charge in [-0.25, -0.2) is 4.79 Å².